The highest BCUT2D eigenvalue weighted by molar-refractivity contribution is 5.52. The van der Waals surface area contributed by atoms with Crippen LogP contribution < -0.4 is 10.6 Å². The van der Waals surface area contributed by atoms with E-state index < -0.39 is 0 Å². The quantitative estimate of drug-likeness (QED) is 0.835. The van der Waals surface area contributed by atoms with Gasteiger partial charge in [-0.1, -0.05) is 0 Å². The molecule has 0 bridgehead atoms. The van der Waals surface area contributed by atoms with Gasteiger partial charge in [-0.2, -0.15) is 0 Å². The van der Waals surface area contributed by atoms with Gasteiger partial charge < -0.3 is 15.7 Å². The van der Waals surface area contributed by atoms with Gasteiger partial charge in [-0.05, 0) is 43.7 Å². The molecule has 1 saturated heterocycles. The Balaban J connectivity index is 2.10. The SMILES string of the molecule is Cc1cc(N)cnc1N1CCCC(CCO)C1. The first-order valence-corrected chi connectivity index (χ1v) is 6.28. The van der Waals surface area contributed by atoms with Crippen LogP contribution in [0.15, 0.2) is 12.3 Å². The fourth-order valence-electron chi connectivity index (χ4n) is 2.60. The third-order valence-electron chi connectivity index (χ3n) is 3.43. The zero-order valence-corrected chi connectivity index (χ0v) is 10.4. The molecule has 1 unspecified atom stereocenters. The summed E-state index contributed by atoms with van der Waals surface area (Å²) in [4.78, 5) is 6.75. The van der Waals surface area contributed by atoms with Crippen molar-refractivity contribution < 1.29 is 5.11 Å². The Kier molecular flexibility index (Phi) is 3.84. The molecule has 1 aliphatic rings. The topological polar surface area (TPSA) is 62.4 Å². The second-order valence-corrected chi connectivity index (χ2v) is 4.88. The van der Waals surface area contributed by atoms with E-state index in [-0.39, 0.29) is 6.61 Å². The maximum Gasteiger partial charge on any atom is 0.131 e. The van der Waals surface area contributed by atoms with Crippen LogP contribution in [0.25, 0.3) is 0 Å². The molecule has 2 rings (SSSR count). The van der Waals surface area contributed by atoms with E-state index in [1.807, 2.05) is 13.0 Å². The number of aryl methyl sites for hydroxylation is 1. The van der Waals surface area contributed by atoms with Crippen LogP contribution >= 0.6 is 0 Å². The van der Waals surface area contributed by atoms with Gasteiger partial charge in [-0.3, -0.25) is 0 Å². The van der Waals surface area contributed by atoms with E-state index in [2.05, 4.69) is 9.88 Å². The number of piperidine rings is 1. The molecular weight excluding hydrogens is 214 g/mol. The maximum atomic E-state index is 9.02. The molecule has 1 fully saturated rings. The highest BCUT2D eigenvalue weighted by atomic mass is 16.3. The van der Waals surface area contributed by atoms with Gasteiger partial charge in [0.1, 0.15) is 5.82 Å². The number of aliphatic hydroxyl groups excluding tert-OH is 1. The van der Waals surface area contributed by atoms with E-state index in [9.17, 15) is 0 Å². The minimum atomic E-state index is 0.284. The summed E-state index contributed by atoms with van der Waals surface area (Å²) in [6, 6.07) is 1.97. The zero-order valence-electron chi connectivity index (χ0n) is 10.4. The van der Waals surface area contributed by atoms with Gasteiger partial charge in [0.15, 0.2) is 0 Å². The normalized spacial score (nSPS) is 20.6. The van der Waals surface area contributed by atoms with Gasteiger partial charge in [-0.15, -0.1) is 0 Å². The highest BCUT2D eigenvalue weighted by Gasteiger charge is 2.21. The Labute approximate surface area is 102 Å². The number of nitrogen functional groups attached to an aromatic ring is 1. The fourth-order valence-corrected chi connectivity index (χ4v) is 2.60. The lowest BCUT2D eigenvalue weighted by Gasteiger charge is -2.34. The van der Waals surface area contributed by atoms with Crippen LogP contribution in [-0.4, -0.2) is 29.8 Å². The van der Waals surface area contributed by atoms with Crippen LogP contribution in [0.3, 0.4) is 0 Å². The number of anilines is 2. The molecule has 1 aromatic heterocycles. The van der Waals surface area contributed by atoms with Crippen molar-refractivity contribution in [3.8, 4) is 0 Å². The number of nitrogens with zero attached hydrogens (tertiary/aromatic N) is 2. The van der Waals surface area contributed by atoms with E-state index in [0.29, 0.717) is 5.92 Å². The summed E-state index contributed by atoms with van der Waals surface area (Å²) >= 11 is 0. The summed E-state index contributed by atoms with van der Waals surface area (Å²) < 4.78 is 0. The van der Waals surface area contributed by atoms with Gasteiger partial charge in [0.2, 0.25) is 0 Å². The molecule has 0 saturated carbocycles. The zero-order chi connectivity index (χ0) is 12.3. The maximum absolute atomic E-state index is 9.02. The standard InChI is InChI=1S/C13H21N3O/c1-10-7-12(14)8-15-13(10)16-5-2-3-11(9-16)4-6-17/h7-8,11,17H,2-6,9,14H2,1H3. The Hall–Kier alpha value is -1.29. The lowest BCUT2D eigenvalue weighted by atomic mass is 9.95. The van der Waals surface area contributed by atoms with Crippen molar-refractivity contribution in [3.05, 3.63) is 17.8 Å². The molecule has 1 atom stereocenters. The summed E-state index contributed by atoms with van der Waals surface area (Å²) in [5, 5.41) is 9.02. The average Bonchev–Trinajstić information content (AvgIpc) is 2.29. The lowest BCUT2D eigenvalue weighted by Crippen LogP contribution is -2.36. The predicted octanol–water partition coefficient (Wildman–Crippen LogP) is 1.57. The van der Waals surface area contributed by atoms with Gasteiger partial charge >= 0.3 is 0 Å². The molecule has 0 spiro atoms. The molecule has 0 amide bonds. The largest absolute Gasteiger partial charge is 0.397 e. The van der Waals surface area contributed by atoms with Crippen molar-refractivity contribution in [2.45, 2.75) is 26.2 Å². The number of nitrogens with two attached hydrogens (primary N) is 1. The Morgan fingerprint density at radius 1 is 1.59 bits per heavy atom. The molecule has 1 aromatic rings. The van der Waals surface area contributed by atoms with Crippen molar-refractivity contribution in [2.75, 3.05) is 30.3 Å². The average molecular weight is 235 g/mol. The Bertz CT molecular complexity index is 379. The summed E-state index contributed by atoms with van der Waals surface area (Å²) in [6.07, 6.45) is 5.00. The number of aliphatic hydroxyl groups is 1. The van der Waals surface area contributed by atoms with Crippen molar-refractivity contribution >= 4 is 11.5 Å². The van der Waals surface area contributed by atoms with E-state index in [0.717, 1.165) is 36.6 Å². The van der Waals surface area contributed by atoms with Crippen molar-refractivity contribution in [1.82, 2.24) is 4.98 Å². The number of hydrogen-bond acceptors (Lipinski definition) is 4. The predicted molar refractivity (Wildman–Crippen MR) is 70.0 cm³/mol. The van der Waals surface area contributed by atoms with Crippen molar-refractivity contribution in [3.63, 3.8) is 0 Å². The second kappa shape index (κ2) is 5.36. The molecular formula is C13H21N3O. The molecule has 0 aliphatic carbocycles. The van der Waals surface area contributed by atoms with E-state index in [1.165, 1.54) is 12.8 Å². The monoisotopic (exact) mass is 235 g/mol. The van der Waals surface area contributed by atoms with Crippen molar-refractivity contribution in [2.24, 2.45) is 5.92 Å². The fraction of sp³-hybridized carbons (Fsp3) is 0.615. The van der Waals surface area contributed by atoms with Crippen LogP contribution in [-0.2, 0) is 0 Å². The van der Waals surface area contributed by atoms with Crippen LogP contribution in [0.5, 0.6) is 0 Å². The van der Waals surface area contributed by atoms with Crippen LogP contribution in [0, 0.1) is 12.8 Å². The lowest BCUT2D eigenvalue weighted by molar-refractivity contribution is 0.244. The van der Waals surface area contributed by atoms with Gasteiger partial charge in [0, 0.05) is 19.7 Å². The first kappa shape index (κ1) is 12.2. The molecule has 17 heavy (non-hydrogen) atoms. The third-order valence-corrected chi connectivity index (χ3v) is 3.43. The molecule has 4 heteroatoms. The number of aromatic nitrogens is 1. The molecule has 2 heterocycles. The third kappa shape index (κ3) is 2.88. The molecule has 0 radical (unpaired) electrons. The van der Waals surface area contributed by atoms with Crippen molar-refractivity contribution in [1.29, 1.82) is 0 Å². The minimum Gasteiger partial charge on any atom is -0.397 e. The van der Waals surface area contributed by atoms with Gasteiger partial charge in [0.05, 0.1) is 11.9 Å². The molecule has 4 nitrogen and oxygen atoms in total. The minimum absolute atomic E-state index is 0.284. The summed E-state index contributed by atoms with van der Waals surface area (Å²) in [5.41, 5.74) is 7.57. The number of rotatable bonds is 3. The van der Waals surface area contributed by atoms with Crippen LogP contribution in [0.4, 0.5) is 11.5 Å². The molecule has 0 aromatic carbocycles. The van der Waals surface area contributed by atoms with Crippen LogP contribution in [0.1, 0.15) is 24.8 Å². The molecule has 1 aliphatic heterocycles. The first-order chi connectivity index (χ1) is 8.20. The van der Waals surface area contributed by atoms with Crippen LogP contribution in [0.2, 0.25) is 0 Å². The Morgan fingerprint density at radius 3 is 3.12 bits per heavy atom. The summed E-state index contributed by atoms with van der Waals surface area (Å²) in [7, 11) is 0. The summed E-state index contributed by atoms with van der Waals surface area (Å²) in [5.74, 6) is 1.63. The Morgan fingerprint density at radius 2 is 2.41 bits per heavy atom. The highest BCUT2D eigenvalue weighted by Crippen LogP contribution is 2.26. The number of pyridine rings is 1. The smallest absolute Gasteiger partial charge is 0.131 e. The first-order valence-electron chi connectivity index (χ1n) is 6.28. The van der Waals surface area contributed by atoms with E-state index >= 15 is 0 Å². The number of hydrogen-bond donors (Lipinski definition) is 2. The molecule has 3 N–H and O–H groups in total. The summed E-state index contributed by atoms with van der Waals surface area (Å²) in [6.45, 7) is 4.39. The van der Waals surface area contributed by atoms with Gasteiger partial charge in [-0.25, -0.2) is 4.98 Å². The molecule has 94 valence electrons. The second-order valence-electron chi connectivity index (χ2n) is 4.88. The van der Waals surface area contributed by atoms with E-state index in [4.69, 9.17) is 10.8 Å². The van der Waals surface area contributed by atoms with Gasteiger partial charge in [0.25, 0.3) is 0 Å². The van der Waals surface area contributed by atoms with E-state index in [1.54, 1.807) is 6.20 Å².